The van der Waals surface area contributed by atoms with Crippen LogP contribution < -0.4 is 5.32 Å². The Bertz CT molecular complexity index is 821. The Morgan fingerprint density at radius 3 is 2.26 bits per heavy atom. The lowest BCUT2D eigenvalue weighted by molar-refractivity contribution is -0.137. The fraction of sp³-hybridized carbons (Fsp3) is 0.636. The number of nitrogens with one attached hydrogen (secondary N) is 1. The summed E-state index contributed by atoms with van der Waals surface area (Å²) < 4.78 is 50.4. The molecule has 2 aliphatic heterocycles. The molecule has 9 heteroatoms. The molecule has 2 fully saturated rings. The van der Waals surface area contributed by atoms with E-state index in [0.717, 1.165) is 25.0 Å². The summed E-state index contributed by atoms with van der Waals surface area (Å²) in [4.78, 5) is 26.1. The highest BCUT2D eigenvalue weighted by atomic mass is 19.4. The van der Waals surface area contributed by atoms with Gasteiger partial charge in [0, 0.05) is 24.3 Å². The predicted molar refractivity (Wildman–Crippen MR) is 109 cm³/mol. The third-order valence-corrected chi connectivity index (χ3v) is 5.76. The molecular formula is C22H29F3N2O4. The highest BCUT2D eigenvalue weighted by Gasteiger charge is 2.44. The Kier molecular flexibility index (Phi) is 6.43. The first-order valence-electron chi connectivity index (χ1n) is 10.4. The molecule has 6 nitrogen and oxygen atoms in total. The number of fused-ring (bicyclic) bond motifs is 2. The van der Waals surface area contributed by atoms with Gasteiger partial charge in [-0.25, -0.2) is 9.59 Å². The standard InChI is InChI=1S/C22H29F3N2O4/c1-21(2,3)31-20(29)27-15-6-7-16(27)10-13(9-15)12-26-18-11-14(19(28)30-4)5-8-17(18)22(23,24)25/h5,8,11,13,15-16,26H,6-7,9-10,12H2,1-4H3. The van der Waals surface area contributed by atoms with Gasteiger partial charge in [-0.1, -0.05) is 0 Å². The number of piperidine rings is 1. The van der Waals surface area contributed by atoms with E-state index in [2.05, 4.69) is 10.1 Å². The zero-order valence-corrected chi connectivity index (χ0v) is 18.2. The van der Waals surface area contributed by atoms with Crippen molar-refractivity contribution < 1.29 is 32.2 Å². The van der Waals surface area contributed by atoms with Gasteiger partial charge in [0.25, 0.3) is 0 Å². The summed E-state index contributed by atoms with van der Waals surface area (Å²) in [6.45, 7) is 5.79. The van der Waals surface area contributed by atoms with E-state index < -0.39 is 23.3 Å². The van der Waals surface area contributed by atoms with E-state index in [-0.39, 0.29) is 35.3 Å². The minimum absolute atomic E-state index is 0.0314. The molecule has 2 atom stereocenters. The van der Waals surface area contributed by atoms with Crippen LogP contribution in [0.2, 0.25) is 0 Å². The zero-order valence-electron chi connectivity index (χ0n) is 18.2. The largest absolute Gasteiger partial charge is 0.465 e. The first kappa shape index (κ1) is 23.2. The number of rotatable bonds is 4. The lowest BCUT2D eigenvalue weighted by Crippen LogP contribution is -2.49. The normalized spacial score (nSPS) is 23.5. The maximum atomic E-state index is 13.4. The number of hydrogen-bond acceptors (Lipinski definition) is 5. The van der Waals surface area contributed by atoms with Crippen LogP contribution in [0.15, 0.2) is 18.2 Å². The zero-order chi connectivity index (χ0) is 23.0. The average Bonchev–Trinajstić information content (AvgIpc) is 2.94. The van der Waals surface area contributed by atoms with Crippen molar-refractivity contribution in [2.45, 2.75) is 70.3 Å². The van der Waals surface area contributed by atoms with Crippen molar-refractivity contribution in [2.75, 3.05) is 19.0 Å². The monoisotopic (exact) mass is 442 g/mol. The fourth-order valence-corrected chi connectivity index (χ4v) is 4.51. The highest BCUT2D eigenvalue weighted by molar-refractivity contribution is 5.90. The number of ether oxygens (including phenoxy) is 2. The number of amides is 1. The van der Waals surface area contributed by atoms with Crippen molar-refractivity contribution in [3.05, 3.63) is 29.3 Å². The molecule has 0 aromatic heterocycles. The van der Waals surface area contributed by atoms with Crippen LogP contribution in [0.4, 0.5) is 23.7 Å². The second-order valence-electron chi connectivity index (χ2n) is 9.24. The van der Waals surface area contributed by atoms with E-state index in [9.17, 15) is 22.8 Å². The predicted octanol–water partition coefficient (Wildman–Crippen LogP) is 5.08. The average molecular weight is 442 g/mol. The lowest BCUT2D eigenvalue weighted by Gasteiger charge is -2.39. The Morgan fingerprint density at radius 2 is 1.74 bits per heavy atom. The number of hydrogen-bond donors (Lipinski definition) is 1. The van der Waals surface area contributed by atoms with Gasteiger partial charge in [0.1, 0.15) is 5.60 Å². The number of anilines is 1. The van der Waals surface area contributed by atoms with E-state index in [0.29, 0.717) is 19.4 Å². The maximum absolute atomic E-state index is 13.4. The van der Waals surface area contributed by atoms with Gasteiger partial charge in [0.05, 0.1) is 18.2 Å². The molecule has 0 radical (unpaired) electrons. The number of alkyl halides is 3. The Hall–Kier alpha value is -2.45. The van der Waals surface area contributed by atoms with Crippen LogP contribution in [0.25, 0.3) is 0 Å². The molecule has 2 bridgehead atoms. The summed E-state index contributed by atoms with van der Waals surface area (Å²) in [5.41, 5.74) is -1.49. The first-order chi connectivity index (χ1) is 14.4. The lowest BCUT2D eigenvalue weighted by atomic mass is 9.90. The van der Waals surface area contributed by atoms with Crippen molar-refractivity contribution in [3.8, 4) is 0 Å². The Labute approximate surface area is 180 Å². The van der Waals surface area contributed by atoms with Gasteiger partial charge in [-0.05, 0) is 70.6 Å². The maximum Gasteiger partial charge on any atom is 0.418 e. The summed E-state index contributed by atoms with van der Waals surface area (Å²) in [7, 11) is 1.18. The van der Waals surface area contributed by atoms with Gasteiger partial charge in [0.15, 0.2) is 0 Å². The van der Waals surface area contributed by atoms with E-state index in [1.54, 1.807) is 4.90 Å². The van der Waals surface area contributed by atoms with Crippen LogP contribution in [0.1, 0.15) is 62.4 Å². The van der Waals surface area contributed by atoms with Crippen LogP contribution in [-0.2, 0) is 15.7 Å². The summed E-state index contributed by atoms with van der Waals surface area (Å²) in [5, 5.41) is 2.90. The van der Waals surface area contributed by atoms with Gasteiger partial charge in [-0.2, -0.15) is 13.2 Å². The van der Waals surface area contributed by atoms with Crippen LogP contribution in [0.5, 0.6) is 0 Å². The van der Waals surface area contributed by atoms with Gasteiger partial charge in [-0.3, -0.25) is 0 Å². The third kappa shape index (κ3) is 5.43. The second kappa shape index (κ2) is 8.59. The van der Waals surface area contributed by atoms with Crippen LogP contribution >= 0.6 is 0 Å². The number of halogens is 3. The number of nitrogens with zero attached hydrogens (tertiary/aromatic N) is 1. The first-order valence-corrected chi connectivity index (χ1v) is 10.4. The summed E-state index contributed by atoms with van der Waals surface area (Å²) in [6.07, 6.45) is -1.74. The molecule has 0 aliphatic carbocycles. The van der Waals surface area contributed by atoms with E-state index in [1.807, 2.05) is 20.8 Å². The molecule has 0 saturated carbocycles. The van der Waals surface area contributed by atoms with Crippen molar-refractivity contribution in [3.63, 3.8) is 0 Å². The molecule has 31 heavy (non-hydrogen) atoms. The molecule has 2 aliphatic rings. The Morgan fingerprint density at radius 1 is 1.13 bits per heavy atom. The van der Waals surface area contributed by atoms with Crippen molar-refractivity contribution in [2.24, 2.45) is 5.92 Å². The summed E-state index contributed by atoms with van der Waals surface area (Å²) >= 11 is 0. The molecule has 2 heterocycles. The summed E-state index contributed by atoms with van der Waals surface area (Å²) in [5.74, 6) is -0.584. The summed E-state index contributed by atoms with van der Waals surface area (Å²) in [6, 6.07) is 3.25. The fourth-order valence-electron chi connectivity index (χ4n) is 4.51. The van der Waals surface area contributed by atoms with Crippen LogP contribution in [0, 0.1) is 5.92 Å². The van der Waals surface area contributed by atoms with E-state index in [4.69, 9.17) is 4.74 Å². The van der Waals surface area contributed by atoms with Gasteiger partial charge in [-0.15, -0.1) is 0 Å². The number of esters is 1. The van der Waals surface area contributed by atoms with Crippen molar-refractivity contribution in [1.29, 1.82) is 0 Å². The molecular weight excluding hydrogens is 413 g/mol. The smallest absolute Gasteiger partial charge is 0.418 e. The van der Waals surface area contributed by atoms with Crippen LogP contribution in [0.3, 0.4) is 0 Å². The minimum Gasteiger partial charge on any atom is -0.465 e. The molecule has 2 saturated heterocycles. The Balaban J connectivity index is 1.69. The van der Waals surface area contributed by atoms with Crippen molar-refractivity contribution >= 4 is 17.7 Å². The number of methoxy groups -OCH3 is 1. The number of carbonyl (C=O) groups excluding carboxylic acids is 2. The minimum atomic E-state index is -4.55. The molecule has 1 aromatic rings. The van der Waals surface area contributed by atoms with E-state index >= 15 is 0 Å². The topological polar surface area (TPSA) is 67.9 Å². The molecule has 1 amide bonds. The molecule has 172 valence electrons. The molecule has 1 N–H and O–H groups in total. The molecule has 0 spiro atoms. The van der Waals surface area contributed by atoms with Gasteiger partial charge < -0.3 is 19.7 Å². The van der Waals surface area contributed by atoms with Crippen LogP contribution in [-0.4, -0.2) is 48.3 Å². The SMILES string of the molecule is COC(=O)c1ccc(C(F)(F)F)c(NCC2CC3CCC(C2)N3C(=O)OC(C)(C)C)c1. The van der Waals surface area contributed by atoms with Gasteiger partial charge >= 0.3 is 18.2 Å². The highest BCUT2D eigenvalue weighted by Crippen LogP contribution is 2.40. The molecule has 1 aromatic carbocycles. The quantitative estimate of drug-likeness (QED) is 0.659. The van der Waals surface area contributed by atoms with Crippen molar-refractivity contribution in [1.82, 2.24) is 4.90 Å². The second-order valence-corrected chi connectivity index (χ2v) is 9.24. The van der Waals surface area contributed by atoms with Gasteiger partial charge in [0.2, 0.25) is 0 Å². The number of carbonyl (C=O) groups is 2. The third-order valence-electron chi connectivity index (χ3n) is 5.76. The molecule has 3 rings (SSSR count). The number of benzene rings is 1. The molecule has 2 unspecified atom stereocenters. The van der Waals surface area contributed by atoms with E-state index in [1.165, 1.54) is 13.2 Å².